The Kier molecular flexibility index (Phi) is 6.67. The predicted molar refractivity (Wildman–Crippen MR) is 91.6 cm³/mol. The summed E-state index contributed by atoms with van der Waals surface area (Å²) in [6.07, 6.45) is 0.519. The maximum Gasteiger partial charge on any atom is 0.164 e. The highest BCUT2D eigenvalue weighted by Crippen LogP contribution is 2.25. The monoisotopic (exact) mass is 283 g/mol. The van der Waals surface area contributed by atoms with Gasteiger partial charge < -0.3 is 5.32 Å². The lowest BCUT2D eigenvalue weighted by atomic mass is 10.0. The third-order valence-corrected chi connectivity index (χ3v) is 3.42. The van der Waals surface area contributed by atoms with Crippen LogP contribution >= 0.6 is 0 Å². The minimum atomic E-state index is 0.161. The van der Waals surface area contributed by atoms with Crippen molar-refractivity contribution in [3.05, 3.63) is 59.2 Å². The van der Waals surface area contributed by atoms with E-state index < -0.39 is 0 Å². The van der Waals surface area contributed by atoms with Gasteiger partial charge in [-0.3, -0.25) is 4.79 Å². The largest absolute Gasteiger partial charge is 0.355 e. The molecular weight excluding hydrogens is 258 g/mol. The Balaban J connectivity index is 0.00000106. The molecule has 0 unspecified atom stereocenters. The van der Waals surface area contributed by atoms with Gasteiger partial charge in [0.15, 0.2) is 5.78 Å². The highest BCUT2D eigenvalue weighted by molar-refractivity contribution is 6.01. The van der Waals surface area contributed by atoms with Crippen LogP contribution in [0, 0.1) is 13.8 Å². The van der Waals surface area contributed by atoms with Crippen molar-refractivity contribution in [2.24, 2.45) is 0 Å². The predicted octanol–water partition coefficient (Wildman–Crippen LogP) is 5.67. The molecule has 21 heavy (non-hydrogen) atoms. The van der Waals surface area contributed by atoms with E-state index in [1.54, 1.807) is 0 Å². The molecule has 2 rings (SSSR count). The lowest BCUT2D eigenvalue weighted by Crippen LogP contribution is -2.03. The van der Waals surface area contributed by atoms with E-state index in [0.29, 0.717) is 6.42 Å². The summed E-state index contributed by atoms with van der Waals surface area (Å²) >= 11 is 0. The second-order valence-electron chi connectivity index (χ2n) is 4.69. The van der Waals surface area contributed by atoms with Crippen LogP contribution < -0.4 is 5.32 Å². The summed E-state index contributed by atoms with van der Waals surface area (Å²) in [6.45, 7) is 10.1. The van der Waals surface area contributed by atoms with E-state index in [1.807, 2.05) is 57.2 Å². The van der Waals surface area contributed by atoms with Gasteiger partial charge in [-0.1, -0.05) is 45.0 Å². The zero-order chi connectivity index (χ0) is 15.8. The lowest BCUT2D eigenvalue weighted by molar-refractivity contribution is 0.0989. The smallest absolute Gasteiger partial charge is 0.164 e. The molecule has 0 radical (unpaired) electrons. The SMILES string of the molecule is CC.CCC(=O)c1ccccc1Nc1cccc(C)c1C. The number of benzene rings is 2. The molecule has 0 saturated carbocycles. The van der Waals surface area contributed by atoms with Crippen LogP contribution in [0.25, 0.3) is 0 Å². The van der Waals surface area contributed by atoms with E-state index in [1.165, 1.54) is 11.1 Å². The van der Waals surface area contributed by atoms with Crippen molar-refractivity contribution < 1.29 is 4.79 Å². The third kappa shape index (κ3) is 4.19. The zero-order valence-electron chi connectivity index (χ0n) is 13.7. The number of rotatable bonds is 4. The maximum absolute atomic E-state index is 11.9. The second-order valence-corrected chi connectivity index (χ2v) is 4.69. The molecule has 2 aromatic rings. The Hall–Kier alpha value is -2.09. The number of hydrogen-bond donors (Lipinski definition) is 1. The number of anilines is 2. The molecule has 0 aliphatic heterocycles. The van der Waals surface area contributed by atoms with Crippen LogP contribution in [-0.4, -0.2) is 5.78 Å². The third-order valence-electron chi connectivity index (χ3n) is 3.42. The molecule has 0 aliphatic rings. The summed E-state index contributed by atoms with van der Waals surface area (Å²) in [5.74, 6) is 0.161. The van der Waals surface area contributed by atoms with Gasteiger partial charge in [-0.15, -0.1) is 0 Å². The fraction of sp³-hybridized carbons (Fsp3) is 0.316. The quantitative estimate of drug-likeness (QED) is 0.733. The number of carbonyl (C=O) groups is 1. The van der Waals surface area contributed by atoms with Gasteiger partial charge in [0.05, 0.1) is 0 Å². The van der Waals surface area contributed by atoms with Crippen molar-refractivity contribution in [1.82, 2.24) is 0 Å². The van der Waals surface area contributed by atoms with Gasteiger partial charge in [-0.25, -0.2) is 0 Å². The average Bonchev–Trinajstić information content (AvgIpc) is 2.53. The average molecular weight is 283 g/mol. The van der Waals surface area contributed by atoms with Crippen molar-refractivity contribution in [2.45, 2.75) is 41.0 Å². The molecule has 112 valence electrons. The number of nitrogens with one attached hydrogen (secondary N) is 1. The first kappa shape index (κ1) is 17.0. The Morgan fingerprint density at radius 3 is 2.24 bits per heavy atom. The molecule has 2 aromatic carbocycles. The van der Waals surface area contributed by atoms with Gasteiger partial charge in [-0.05, 0) is 43.2 Å². The molecule has 2 nitrogen and oxygen atoms in total. The van der Waals surface area contributed by atoms with Crippen LogP contribution in [0.1, 0.15) is 48.7 Å². The Morgan fingerprint density at radius 2 is 1.57 bits per heavy atom. The zero-order valence-corrected chi connectivity index (χ0v) is 13.7. The van der Waals surface area contributed by atoms with Gasteiger partial charge >= 0.3 is 0 Å². The number of para-hydroxylation sites is 1. The summed E-state index contributed by atoms with van der Waals surface area (Å²) in [7, 11) is 0. The van der Waals surface area contributed by atoms with E-state index in [-0.39, 0.29) is 5.78 Å². The van der Waals surface area contributed by atoms with Crippen molar-refractivity contribution in [1.29, 1.82) is 0 Å². The number of carbonyl (C=O) groups excluding carboxylic acids is 1. The van der Waals surface area contributed by atoms with Gasteiger partial charge in [0.25, 0.3) is 0 Å². The standard InChI is InChI=1S/C17H19NO.C2H6/c1-4-17(19)14-9-5-6-10-16(14)18-15-11-7-8-12(2)13(15)3;1-2/h5-11,18H,4H2,1-3H3;1-2H3. The van der Waals surface area contributed by atoms with Crippen molar-refractivity contribution >= 4 is 17.2 Å². The fourth-order valence-electron chi connectivity index (χ4n) is 2.06. The maximum atomic E-state index is 11.9. The molecule has 0 heterocycles. The first-order valence-corrected chi connectivity index (χ1v) is 7.59. The molecule has 0 aliphatic carbocycles. The van der Waals surface area contributed by atoms with Crippen LogP contribution in [0.5, 0.6) is 0 Å². The topological polar surface area (TPSA) is 29.1 Å². The molecule has 0 aromatic heterocycles. The van der Waals surface area contributed by atoms with Crippen molar-refractivity contribution in [2.75, 3.05) is 5.32 Å². The van der Waals surface area contributed by atoms with E-state index in [9.17, 15) is 4.79 Å². The molecule has 0 saturated heterocycles. The second kappa shape index (κ2) is 8.25. The van der Waals surface area contributed by atoms with E-state index >= 15 is 0 Å². The minimum absolute atomic E-state index is 0.161. The van der Waals surface area contributed by atoms with Crippen LogP contribution in [0.15, 0.2) is 42.5 Å². The Labute approximate surface area is 128 Å². The van der Waals surface area contributed by atoms with Gasteiger partial charge in [0.1, 0.15) is 0 Å². The molecule has 0 bridgehead atoms. The molecule has 0 fully saturated rings. The van der Waals surface area contributed by atoms with E-state index in [0.717, 1.165) is 16.9 Å². The Morgan fingerprint density at radius 1 is 0.952 bits per heavy atom. The number of aryl methyl sites for hydroxylation is 1. The molecule has 0 spiro atoms. The van der Waals surface area contributed by atoms with Crippen LogP contribution in [0.4, 0.5) is 11.4 Å². The fourth-order valence-corrected chi connectivity index (χ4v) is 2.06. The van der Waals surface area contributed by atoms with Gasteiger partial charge in [-0.2, -0.15) is 0 Å². The van der Waals surface area contributed by atoms with E-state index in [2.05, 4.69) is 25.2 Å². The molecule has 0 amide bonds. The summed E-state index contributed by atoms with van der Waals surface area (Å²) < 4.78 is 0. The Bertz CT molecular complexity index is 602. The first-order valence-electron chi connectivity index (χ1n) is 7.59. The first-order chi connectivity index (χ1) is 10.1. The van der Waals surface area contributed by atoms with E-state index in [4.69, 9.17) is 0 Å². The van der Waals surface area contributed by atoms with Crippen molar-refractivity contribution in [3.8, 4) is 0 Å². The molecule has 1 N–H and O–H groups in total. The van der Waals surface area contributed by atoms with Crippen LogP contribution in [0.3, 0.4) is 0 Å². The number of ketones is 1. The summed E-state index contributed by atoms with van der Waals surface area (Å²) in [4.78, 5) is 11.9. The molecule has 0 atom stereocenters. The molecular formula is C19H25NO. The van der Waals surface area contributed by atoms with Crippen molar-refractivity contribution in [3.63, 3.8) is 0 Å². The minimum Gasteiger partial charge on any atom is -0.355 e. The highest BCUT2D eigenvalue weighted by atomic mass is 16.1. The summed E-state index contributed by atoms with van der Waals surface area (Å²) in [5, 5.41) is 3.38. The van der Waals surface area contributed by atoms with Crippen LogP contribution in [-0.2, 0) is 0 Å². The number of hydrogen-bond acceptors (Lipinski definition) is 2. The summed E-state index contributed by atoms with van der Waals surface area (Å²) in [6, 6.07) is 13.8. The van der Waals surface area contributed by atoms with Crippen LogP contribution in [0.2, 0.25) is 0 Å². The summed E-state index contributed by atoms with van der Waals surface area (Å²) in [5.41, 5.74) is 5.14. The normalized spacial score (nSPS) is 9.57. The molecule has 2 heteroatoms. The highest BCUT2D eigenvalue weighted by Gasteiger charge is 2.10. The van der Waals surface area contributed by atoms with Gasteiger partial charge in [0.2, 0.25) is 0 Å². The lowest BCUT2D eigenvalue weighted by Gasteiger charge is -2.14. The number of Topliss-reactive ketones (excluding diaryl/α,β-unsaturated/α-hetero) is 1. The van der Waals surface area contributed by atoms with Gasteiger partial charge in [0, 0.05) is 23.4 Å².